The van der Waals surface area contributed by atoms with Crippen molar-refractivity contribution < 1.29 is 35.7 Å². The molecule has 0 aliphatic carbocycles. The number of nitrogens with one attached hydrogen (secondary N) is 1. The van der Waals surface area contributed by atoms with Gasteiger partial charge >= 0.3 is 7.12 Å². The van der Waals surface area contributed by atoms with Gasteiger partial charge in [-0.05, 0) is 90.3 Å². The zero-order valence-electron chi connectivity index (χ0n) is 45.2. The summed E-state index contributed by atoms with van der Waals surface area (Å²) in [5.41, 5.74) is 2.66. The first-order valence-corrected chi connectivity index (χ1v) is 33.9. The van der Waals surface area contributed by atoms with Gasteiger partial charge in [0.25, 0.3) is 11.1 Å². The van der Waals surface area contributed by atoms with E-state index < -0.39 is 43.8 Å². The lowest BCUT2D eigenvalue weighted by molar-refractivity contribution is 0.328. The van der Waals surface area contributed by atoms with Crippen molar-refractivity contribution >= 4 is 73.1 Å². The third-order valence-electron chi connectivity index (χ3n) is 13.6. The molecule has 0 spiro atoms. The van der Waals surface area contributed by atoms with Crippen LogP contribution in [0.4, 0.5) is 11.6 Å². The number of rotatable bonds is 14. The molecule has 3 N–H and O–H groups in total. The predicted molar refractivity (Wildman–Crippen MR) is 302 cm³/mol. The minimum atomic E-state index is -3.29. The number of hydrogen-bond acceptors (Lipinski definition) is 16. The first-order valence-electron chi connectivity index (χ1n) is 24.4. The molecule has 20 nitrogen and oxygen atoms in total. The molecular formula is C50H73BN10O10S2Si2. The van der Waals surface area contributed by atoms with Crippen molar-refractivity contribution in [1.82, 2.24) is 28.1 Å². The minimum absolute atomic E-state index is 0.100. The molecule has 4 aromatic rings. The van der Waals surface area contributed by atoms with Gasteiger partial charge in [-0.2, -0.15) is 19.1 Å². The van der Waals surface area contributed by atoms with E-state index in [0.717, 1.165) is 0 Å². The molecule has 0 bridgehead atoms. The monoisotopic (exact) mass is 1100 g/mol. The van der Waals surface area contributed by atoms with Gasteiger partial charge in [0.15, 0.2) is 28.3 Å². The fourth-order valence-corrected chi connectivity index (χ4v) is 10.4. The average Bonchev–Trinajstić information content (AvgIpc) is 3.34. The SMILES string of the molecule is CC(C)(C)[Si](C)(C)OC/C=C/c1c[nH]c(=O)c(N2CCN(S(C)(=O)=O)CC2)n1.CC(C)(C)[Si](C)(C)OC/C=C/c1cn(-c2ccc(C#N)cc2)c(=O)c(N2CCN(S(C)(=O)=O)CC2)n1.N#Cc1ccc(B(O)O)cc1. The molecule has 25 heteroatoms. The van der Waals surface area contributed by atoms with Crippen LogP contribution in [0.2, 0.25) is 36.3 Å². The topological polar surface area (TPSA) is 268 Å². The van der Waals surface area contributed by atoms with Crippen molar-refractivity contribution in [3.8, 4) is 17.8 Å². The van der Waals surface area contributed by atoms with Gasteiger partial charge in [0.2, 0.25) is 20.0 Å². The van der Waals surface area contributed by atoms with Crippen LogP contribution in [0.1, 0.15) is 64.1 Å². The second-order valence-electron chi connectivity index (χ2n) is 21.2. The molecule has 2 aromatic carbocycles. The minimum Gasteiger partial charge on any atom is -0.423 e. The maximum Gasteiger partial charge on any atom is 0.488 e. The predicted octanol–water partition coefficient (Wildman–Crippen LogP) is 4.35. The lowest BCUT2D eigenvalue weighted by Crippen LogP contribution is -2.50. The van der Waals surface area contributed by atoms with E-state index in [4.69, 9.17) is 29.4 Å². The van der Waals surface area contributed by atoms with Crippen LogP contribution in [0.25, 0.3) is 17.8 Å². The summed E-state index contributed by atoms with van der Waals surface area (Å²) in [5.74, 6) is 0.584. The molecule has 75 heavy (non-hydrogen) atoms. The van der Waals surface area contributed by atoms with E-state index in [2.05, 4.69) is 88.8 Å². The lowest BCUT2D eigenvalue weighted by Gasteiger charge is -2.35. The van der Waals surface area contributed by atoms with Gasteiger partial charge in [-0.1, -0.05) is 65.8 Å². The van der Waals surface area contributed by atoms with Gasteiger partial charge in [-0.3, -0.25) is 14.2 Å². The summed E-state index contributed by atoms with van der Waals surface area (Å²) in [7, 11) is -11.7. The normalized spacial score (nSPS) is 15.4. The van der Waals surface area contributed by atoms with Crippen molar-refractivity contribution in [2.24, 2.45) is 0 Å². The summed E-state index contributed by atoms with van der Waals surface area (Å²) in [6, 6.07) is 16.9. The van der Waals surface area contributed by atoms with Crippen LogP contribution in [0.15, 0.2) is 82.7 Å². The quantitative estimate of drug-likeness (QED) is 0.148. The van der Waals surface area contributed by atoms with E-state index in [0.29, 0.717) is 92.0 Å². The number of piperazine rings is 2. The lowest BCUT2D eigenvalue weighted by atomic mass is 9.80. The number of nitrogens with zero attached hydrogens (tertiary/aromatic N) is 9. The summed E-state index contributed by atoms with van der Waals surface area (Å²) in [6.45, 7) is 25.8. The number of H-pyrrole nitrogens is 1. The number of nitriles is 2. The molecule has 4 heterocycles. The molecule has 0 radical (unpaired) electrons. The van der Waals surface area contributed by atoms with Crippen molar-refractivity contribution in [3.05, 3.63) is 116 Å². The Hall–Kier alpha value is -5.58. The molecule has 6 rings (SSSR count). The van der Waals surface area contributed by atoms with E-state index >= 15 is 0 Å². The van der Waals surface area contributed by atoms with Crippen LogP contribution in [-0.4, -0.2) is 157 Å². The van der Waals surface area contributed by atoms with Crippen LogP contribution in [-0.2, 0) is 28.9 Å². The summed E-state index contributed by atoms with van der Waals surface area (Å²) >= 11 is 0. The zero-order valence-corrected chi connectivity index (χ0v) is 48.9. The molecule has 0 saturated carbocycles. The second-order valence-corrected chi connectivity index (χ2v) is 34.7. The van der Waals surface area contributed by atoms with Crippen molar-refractivity contribution in [3.63, 3.8) is 0 Å². The van der Waals surface area contributed by atoms with E-state index in [-0.39, 0.29) is 40.1 Å². The third-order valence-corrected chi connectivity index (χ3v) is 25.2. The maximum absolute atomic E-state index is 13.4. The highest BCUT2D eigenvalue weighted by Crippen LogP contribution is 2.37. The maximum atomic E-state index is 13.4. The molecule has 406 valence electrons. The van der Waals surface area contributed by atoms with Crippen LogP contribution in [0.5, 0.6) is 0 Å². The molecule has 2 aliphatic rings. The highest BCUT2D eigenvalue weighted by atomic mass is 32.2. The van der Waals surface area contributed by atoms with Gasteiger partial charge in [0, 0.05) is 70.4 Å². The standard InChI is InChI=1S/C25H35N5O4SSi.C18H32N4O4SSi.C7H6BNO2/c1-25(2,3)36(5,6)34-17-7-8-21-19-30(22-11-9-20(18-26)10-12-22)24(31)23(27-21)28-13-15-29(16-14-28)35(4,32)33;1-18(2,3)28(5,6)26-13-7-8-15-14-19-17(23)16(20-15)21-9-11-22(12-10-21)27(4,24)25;9-5-6-1-3-7(4-2-6)8(10)11/h7-12,19H,13-17H2,1-6H3;7-8,14H,9-13H2,1-6H3,(H,19,23);1-4,10-11H/b2*8-7+;. The summed E-state index contributed by atoms with van der Waals surface area (Å²) in [6.07, 6.45) is 13.1. The Morgan fingerprint density at radius 1 is 0.667 bits per heavy atom. The van der Waals surface area contributed by atoms with Gasteiger partial charge in [-0.15, -0.1) is 0 Å². The van der Waals surface area contributed by atoms with Gasteiger partial charge in [0.05, 0.1) is 60.4 Å². The summed E-state index contributed by atoms with van der Waals surface area (Å²) < 4.78 is 63.8. The molecule has 2 aromatic heterocycles. The number of benzene rings is 2. The van der Waals surface area contributed by atoms with Crippen molar-refractivity contribution in [2.75, 3.05) is 87.9 Å². The highest BCUT2D eigenvalue weighted by molar-refractivity contribution is 7.88. The Morgan fingerprint density at radius 3 is 1.47 bits per heavy atom. The summed E-state index contributed by atoms with van der Waals surface area (Å²) in [4.78, 5) is 41.1. The van der Waals surface area contributed by atoms with Gasteiger partial charge < -0.3 is 33.7 Å². The van der Waals surface area contributed by atoms with E-state index in [1.54, 1.807) is 36.7 Å². The van der Waals surface area contributed by atoms with E-state index in [9.17, 15) is 26.4 Å². The number of aromatic amines is 1. The van der Waals surface area contributed by atoms with Crippen molar-refractivity contribution in [1.29, 1.82) is 10.5 Å². The third kappa shape index (κ3) is 18.0. The Balaban J connectivity index is 0.000000275. The van der Waals surface area contributed by atoms with Crippen molar-refractivity contribution in [2.45, 2.75) is 77.8 Å². The Labute approximate surface area is 445 Å². The largest absolute Gasteiger partial charge is 0.488 e. The molecule has 0 amide bonds. The highest BCUT2D eigenvalue weighted by Gasteiger charge is 2.38. The first kappa shape index (κ1) is 62.0. The Kier molecular flexibility index (Phi) is 21.5. The molecule has 2 fully saturated rings. The number of anilines is 2. The van der Waals surface area contributed by atoms with E-state index in [1.807, 2.05) is 40.2 Å². The molecule has 0 atom stereocenters. The number of sulfonamides is 2. The number of hydrogen-bond donors (Lipinski definition) is 3. The van der Waals surface area contributed by atoms with Crippen LogP contribution in [0, 0.1) is 22.7 Å². The fourth-order valence-electron chi connectivity index (χ4n) is 6.86. The first-order chi connectivity index (χ1) is 34.8. The molecule has 2 aliphatic heterocycles. The van der Waals surface area contributed by atoms with Crippen LogP contribution in [0.3, 0.4) is 0 Å². The van der Waals surface area contributed by atoms with E-state index in [1.165, 1.54) is 50.0 Å². The van der Waals surface area contributed by atoms with Gasteiger partial charge in [0.1, 0.15) is 0 Å². The Bertz CT molecular complexity index is 3060. The molecule has 0 unspecified atom stereocenters. The van der Waals surface area contributed by atoms with Crippen LogP contribution >= 0.6 is 0 Å². The smallest absolute Gasteiger partial charge is 0.423 e. The average molecular weight is 1110 g/mol. The van der Waals surface area contributed by atoms with Gasteiger partial charge in [-0.25, -0.2) is 26.8 Å². The zero-order chi connectivity index (χ0) is 56.2. The summed E-state index contributed by atoms with van der Waals surface area (Å²) in [5, 5.41) is 35.1. The molecule has 2 saturated heterocycles. The second kappa shape index (κ2) is 26.0. The fraction of sp³-hybridized carbons (Fsp3) is 0.480. The number of aromatic nitrogens is 4. The van der Waals surface area contributed by atoms with Crippen LogP contribution < -0.4 is 26.4 Å². The molecular weight excluding hydrogens is 1030 g/mol. The Morgan fingerprint density at radius 2 is 1.07 bits per heavy atom.